The third-order valence-corrected chi connectivity index (χ3v) is 6.01. The first-order valence-electron chi connectivity index (χ1n) is 10.7. The first-order chi connectivity index (χ1) is 15.2. The van der Waals surface area contributed by atoms with Gasteiger partial charge in [-0.2, -0.15) is 5.10 Å². The van der Waals surface area contributed by atoms with E-state index in [4.69, 9.17) is 16.3 Å². The molecule has 2 aromatic carbocycles. The number of ether oxygens (including phenoxy) is 1. The van der Waals surface area contributed by atoms with Crippen molar-refractivity contribution in [2.75, 3.05) is 46.4 Å². The lowest BCUT2D eigenvalue weighted by Gasteiger charge is -2.27. The smallest absolute Gasteiger partial charge is 0.272 e. The van der Waals surface area contributed by atoms with Crippen molar-refractivity contribution in [2.45, 2.75) is 13.0 Å². The lowest BCUT2D eigenvalue weighted by atomic mass is 10.1. The Morgan fingerprint density at radius 1 is 1.16 bits per heavy atom. The van der Waals surface area contributed by atoms with Crippen molar-refractivity contribution >= 4 is 28.4 Å². The standard InChI is InChI=1S/C23H28ClN5O2/c1-31-20-8-4-6-18-21(23(30)26-10-9-17-5-2-3-7-19(17)24)27-29(22(18)20)16-15-28-13-11-25-12-14-28/h2-8,25H,9-16H2,1H3,(H,26,30). The van der Waals surface area contributed by atoms with Gasteiger partial charge in [-0.25, -0.2) is 0 Å². The van der Waals surface area contributed by atoms with E-state index in [1.54, 1.807) is 7.11 Å². The number of aromatic nitrogens is 2. The zero-order chi connectivity index (χ0) is 21.6. The van der Waals surface area contributed by atoms with Gasteiger partial charge in [-0.3, -0.25) is 14.4 Å². The first-order valence-corrected chi connectivity index (χ1v) is 11.0. The zero-order valence-corrected chi connectivity index (χ0v) is 18.5. The summed E-state index contributed by atoms with van der Waals surface area (Å²) in [4.78, 5) is 15.4. The third kappa shape index (κ3) is 5.01. The number of fused-ring (bicyclic) bond motifs is 1. The van der Waals surface area contributed by atoms with Crippen LogP contribution in [0.2, 0.25) is 5.02 Å². The molecule has 8 heteroatoms. The lowest BCUT2D eigenvalue weighted by molar-refractivity contribution is 0.0949. The fraction of sp³-hybridized carbons (Fsp3) is 0.391. The molecule has 0 unspecified atom stereocenters. The largest absolute Gasteiger partial charge is 0.494 e. The van der Waals surface area contributed by atoms with E-state index in [1.807, 2.05) is 47.1 Å². The number of para-hydroxylation sites is 1. The number of benzene rings is 2. The number of halogens is 1. The molecule has 0 aliphatic carbocycles. The van der Waals surface area contributed by atoms with E-state index in [-0.39, 0.29) is 5.91 Å². The van der Waals surface area contributed by atoms with Gasteiger partial charge < -0.3 is 15.4 Å². The van der Waals surface area contributed by atoms with E-state index in [2.05, 4.69) is 20.6 Å². The second kappa shape index (κ2) is 10.1. The van der Waals surface area contributed by atoms with Crippen molar-refractivity contribution in [2.24, 2.45) is 0 Å². The predicted molar refractivity (Wildman–Crippen MR) is 123 cm³/mol. The predicted octanol–water partition coefficient (Wildman–Crippen LogP) is 2.58. The molecule has 1 fully saturated rings. The second-order valence-electron chi connectivity index (χ2n) is 7.62. The zero-order valence-electron chi connectivity index (χ0n) is 17.7. The van der Waals surface area contributed by atoms with Crippen LogP contribution in [0.4, 0.5) is 0 Å². The molecule has 31 heavy (non-hydrogen) atoms. The summed E-state index contributed by atoms with van der Waals surface area (Å²) in [5.74, 6) is 0.534. The molecule has 0 saturated carbocycles. The van der Waals surface area contributed by atoms with Crippen molar-refractivity contribution in [3.8, 4) is 5.75 Å². The monoisotopic (exact) mass is 441 g/mol. The number of nitrogens with zero attached hydrogens (tertiary/aromatic N) is 3. The SMILES string of the molecule is COc1cccc2c(C(=O)NCCc3ccccc3Cl)nn(CCN3CCNCC3)c12. The second-order valence-corrected chi connectivity index (χ2v) is 8.02. The van der Waals surface area contributed by atoms with E-state index >= 15 is 0 Å². The Kier molecular flexibility index (Phi) is 7.06. The number of piperazine rings is 1. The van der Waals surface area contributed by atoms with Crippen LogP contribution in [0.3, 0.4) is 0 Å². The molecule has 0 radical (unpaired) electrons. The van der Waals surface area contributed by atoms with Crippen LogP contribution < -0.4 is 15.4 Å². The third-order valence-electron chi connectivity index (χ3n) is 5.64. The highest BCUT2D eigenvalue weighted by molar-refractivity contribution is 6.31. The minimum atomic E-state index is -0.189. The van der Waals surface area contributed by atoms with Crippen molar-refractivity contribution in [3.05, 3.63) is 58.7 Å². The Hall–Kier alpha value is -2.61. The van der Waals surface area contributed by atoms with Gasteiger partial charge in [0.25, 0.3) is 5.91 Å². The number of hydrogen-bond donors (Lipinski definition) is 2. The van der Waals surface area contributed by atoms with Gasteiger partial charge in [0.05, 0.1) is 13.7 Å². The van der Waals surface area contributed by atoms with Gasteiger partial charge in [0.2, 0.25) is 0 Å². The number of methoxy groups -OCH3 is 1. The normalized spacial score (nSPS) is 14.6. The molecule has 1 aliphatic heterocycles. The number of hydrogen-bond acceptors (Lipinski definition) is 5. The Labute approximate surface area is 187 Å². The summed E-state index contributed by atoms with van der Waals surface area (Å²) in [6, 6.07) is 13.4. The van der Waals surface area contributed by atoms with Gasteiger partial charge >= 0.3 is 0 Å². The minimum Gasteiger partial charge on any atom is -0.494 e. The van der Waals surface area contributed by atoms with Crippen molar-refractivity contribution in [3.63, 3.8) is 0 Å². The highest BCUT2D eigenvalue weighted by atomic mass is 35.5. The molecule has 4 rings (SSSR count). The number of nitrogens with one attached hydrogen (secondary N) is 2. The van der Waals surface area contributed by atoms with Gasteiger partial charge in [-0.1, -0.05) is 41.9 Å². The van der Waals surface area contributed by atoms with Gasteiger partial charge in [0, 0.05) is 49.7 Å². The quantitative estimate of drug-likeness (QED) is 0.562. The maximum Gasteiger partial charge on any atom is 0.272 e. The molecular weight excluding hydrogens is 414 g/mol. The molecule has 1 saturated heterocycles. The number of rotatable bonds is 8. The molecule has 0 spiro atoms. The highest BCUT2D eigenvalue weighted by Gasteiger charge is 2.20. The Morgan fingerprint density at radius 2 is 1.97 bits per heavy atom. The number of carbonyl (C=O) groups is 1. The molecule has 1 amide bonds. The number of carbonyl (C=O) groups excluding carboxylic acids is 1. The summed E-state index contributed by atoms with van der Waals surface area (Å²) in [5.41, 5.74) is 2.29. The van der Waals surface area contributed by atoms with E-state index in [9.17, 15) is 4.79 Å². The summed E-state index contributed by atoms with van der Waals surface area (Å²) >= 11 is 6.22. The fourth-order valence-corrected chi connectivity index (χ4v) is 4.20. The van der Waals surface area contributed by atoms with E-state index in [0.29, 0.717) is 30.2 Å². The van der Waals surface area contributed by atoms with Gasteiger partial charge in [-0.15, -0.1) is 0 Å². The summed E-state index contributed by atoms with van der Waals surface area (Å²) in [6.45, 7) is 6.11. The molecule has 164 valence electrons. The fourth-order valence-electron chi connectivity index (χ4n) is 3.96. The van der Waals surface area contributed by atoms with Crippen molar-refractivity contribution in [1.29, 1.82) is 0 Å². The molecule has 7 nitrogen and oxygen atoms in total. The van der Waals surface area contributed by atoms with Crippen LogP contribution in [0.25, 0.3) is 10.9 Å². The maximum absolute atomic E-state index is 13.0. The summed E-state index contributed by atoms with van der Waals surface area (Å²) < 4.78 is 7.48. The molecular formula is C23H28ClN5O2. The van der Waals surface area contributed by atoms with E-state index < -0.39 is 0 Å². The summed E-state index contributed by atoms with van der Waals surface area (Å²) in [7, 11) is 1.64. The van der Waals surface area contributed by atoms with Crippen LogP contribution in [-0.4, -0.2) is 67.0 Å². The summed E-state index contributed by atoms with van der Waals surface area (Å²) in [5, 5.41) is 12.6. The van der Waals surface area contributed by atoms with Gasteiger partial charge in [0.1, 0.15) is 11.3 Å². The number of amides is 1. The van der Waals surface area contributed by atoms with Crippen LogP contribution in [-0.2, 0) is 13.0 Å². The molecule has 1 aliphatic rings. The Balaban J connectivity index is 1.51. The van der Waals surface area contributed by atoms with E-state index in [1.165, 1.54) is 0 Å². The van der Waals surface area contributed by atoms with Crippen LogP contribution in [0.1, 0.15) is 16.1 Å². The molecule has 2 N–H and O–H groups in total. The molecule has 2 heterocycles. The first kappa shape index (κ1) is 21.6. The van der Waals surface area contributed by atoms with E-state index in [0.717, 1.165) is 54.9 Å². The minimum absolute atomic E-state index is 0.189. The average Bonchev–Trinajstić information content (AvgIpc) is 3.18. The Morgan fingerprint density at radius 3 is 2.74 bits per heavy atom. The highest BCUT2D eigenvalue weighted by Crippen LogP contribution is 2.28. The van der Waals surface area contributed by atoms with Crippen LogP contribution in [0.5, 0.6) is 5.75 Å². The molecule has 1 aromatic heterocycles. The molecule has 3 aromatic rings. The topological polar surface area (TPSA) is 71.4 Å². The van der Waals surface area contributed by atoms with Crippen molar-refractivity contribution < 1.29 is 9.53 Å². The van der Waals surface area contributed by atoms with Crippen LogP contribution in [0.15, 0.2) is 42.5 Å². The Bertz CT molecular complexity index is 1050. The molecule has 0 atom stereocenters. The average molecular weight is 442 g/mol. The van der Waals surface area contributed by atoms with Crippen LogP contribution in [0, 0.1) is 0 Å². The van der Waals surface area contributed by atoms with Gasteiger partial charge in [0.15, 0.2) is 5.69 Å². The van der Waals surface area contributed by atoms with Crippen molar-refractivity contribution in [1.82, 2.24) is 25.3 Å². The lowest BCUT2D eigenvalue weighted by Crippen LogP contribution is -2.44. The maximum atomic E-state index is 13.0. The summed E-state index contributed by atoms with van der Waals surface area (Å²) in [6.07, 6.45) is 0.663. The molecule has 0 bridgehead atoms. The van der Waals surface area contributed by atoms with Crippen LogP contribution >= 0.6 is 11.6 Å². The van der Waals surface area contributed by atoms with Gasteiger partial charge in [-0.05, 0) is 24.1 Å².